The summed E-state index contributed by atoms with van der Waals surface area (Å²) in [4.78, 5) is 3.57. The van der Waals surface area contributed by atoms with Crippen LogP contribution in [0.4, 0.5) is 4.39 Å². The fourth-order valence-electron chi connectivity index (χ4n) is 1.55. The number of halogens is 1. The van der Waals surface area contributed by atoms with Crippen molar-refractivity contribution in [3.8, 4) is 0 Å². The number of hydrogen-bond acceptors (Lipinski definition) is 4. The lowest BCUT2D eigenvalue weighted by atomic mass is 10.0. The summed E-state index contributed by atoms with van der Waals surface area (Å²) in [6, 6.07) is 2.44. The SMILES string of the molecule is NCC1CN(S(=O)(=O)c2ncccc2F)C1. The maximum Gasteiger partial charge on any atom is 0.263 e. The van der Waals surface area contributed by atoms with Gasteiger partial charge in [0.15, 0.2) is 5.82 Å². The summed E-state index contributed by atoms with van der Waals surface area (Å²) in [7, 11) is -3.78. The van der Waals surface area contributed by atoms with Crippen molar-refractivity contribution in [2.75, 3.05) is 19.6 Å². The van der Waals surface area contributed by atoms with Crippen LogP contribution in [-0.4, -0.2) is 37.3 Å². The van der Waals surface area contributed by atoms with Gasteiger partial charge in [0.1, 0.15) is 0 Å². The summed E-state index contributed by atoms with van der Waals surface area (Å²) in [6.07, 6.45) is 1.26. The minimum absolute atomic E-state index is 0.168. The van der Waals surface area contributed by atoms with E-state index in [4.69, 9.17) is 5.73 Å². The van der Waals surface area contributed by atoms with Crippen LogP contribution in [0.2, 0.25) is 0 Å². The Balaban J connectivity index is 2.24. The van der Waals surface area contributed by atoms with E-state index in [1.54, 1.807) is 0 Å². The largest absolute Gasteiger partial charge is 0.330 e. The molecule has 2 heterocycles. The predicted molar refractivity (Wildman–Crippen MR) is 55.5 cm³/mol. The average Bonchev–Trinajstić information content (AvgIpc) is 2.16. The molecule has 0 amide bonds. The van der Waals surface area contributed by atoms with Crippen molar-refractivity contribution in [1.82, 2.24) is 9.29 Å². The fourth-order valence-corrected chi connectivity index (χ4v) is 3.12. The number of hydrogen-bond donors (Lipinski definition) is 1. The molecule has 7 heteroatoms. The molecule has 0 unspecified atom stereocenters. The third kappa shape index (κ3) is 1.81. The zero-order valence-corrected chi connectivity index (χ0v) is 9.32. The lowest BCUT2D eigenvalue weighted by Gasteiger charge is -2.36. The Kier molecular flexibility index (Phi) is 2.92. The van der Waals surface area contributed by atoms with Crippen LogP contribution in [0.3, 0.4) is 0 Å². The van der Waals surface area contributed by atoms with Gasteiger partial charge in [0.25, 0.3) is 10.0 Å². The van der Waals surface area contributed by atoms with Gasteiger partial charge in [-0.05, 0) is 24.6 Å². The summed E-state index contributed by atoms with van der Waals surface area (Å²) in [6.45, 7) is 1.13. The second-order valence-corrected chi connectivity index (χ2v) is 5.57. The van der Waals surface area contributed by atoms with Gasteiger partial charge >= 0.3 is 0 Å². The zero-order chi connectivity index (χ0) is 11.8. The van der Waals surface area contributed by atoms with Crippen molar-refractivity contribution in [1.29, 1.82) is 0 Å². The molecule has 0 spiro atoms. The van der Waals surface area contributed by atoms with Crippen molar-refractivity contribution in [2.24, 2.45) is 11.7 Å². The predicted octanol–water partition coefficient (Wildman–Crippen LogP) is -0.200. The van der Waals surface area contributed by atoms with E-state index in [2.05, 4.69) is 4.98 Å². The number of nitrogens with two attached hydrogens (primary N) is 1. The van der Waals surface area contributed by atoms with Crippen molar-refractivity contribution in [3.05, 3.63) is 24.1 Å². The molecule has 0 aliphatic carbocycles. The molecule has 5 nitrogen and oxygen atoms in total. The first-order valence-corrected chi connectivity index (χ1v) is 6.30. The van der Waals surface area contributed by atoms with Crippen molar-refractivity contribution < 1.29 is 12.8 Å². The number of pyridine rings is 1. The highest BCUT2D eigenvalue weighted by Crippen LogP contribution is 2.24. The number of sulfonamides is 1. The molecular formula is C9H12FN3O2S. The van der Waals surface area contributed by atoms with Gasteiger partial charge in [-0.2, -0.15) is 4.31 Å². The van der Waals surface area contributed by atoms with E-state index in [9.17, 15) is 12.8 Å². The topological polar surface area (TPSA) is 76.3 Å². The van der Waals surface area contributed by atoms with E-state index in [0.29, 0.717) is 19.6 Å². The van der Waals surface area contributed by atoms with Crippen molar-refractivity contribution in [3.63, 3.8) is 0 Å². The van der Waals surface area contributed by atoms with Gasteiger partial charge in [0.05, 0.1) is 0 Å². The highest BCUT2D eigenvalue weighted by Gasteiger charge is 2.37. The van der Waals surface area contributed by atoms with E-state index in [-0.39, 0.29) is 5.92 Å². The van der Waals surface area contributed by atoms with Crippen LogP contribution < -0.4 is 5.73 Å². The second-order valence-electron chi connectivity index (χ2n) is 3.71. The molecule has 16 heavy (non-hydrogen) atoms. The summed E-state index contributed by atoms with van der Waals surface area (Å²) >= 11 is 0. The van der Waals surface area contributed by atoms with Gasteiger partial charge in [0.2, 0.25) is 5.03 Å². The van der Waals surface area contributed by atoms with Crippen LogP contribution in [0.15, 0.2) is 23.4 Å². The quantitative estimate of drug-likeness (QED) is 0.800. The monoisotopic (exact) mass is 245 g/mol. The van der Waals surface area contributed by atoms with Crippen LogP contribution in [0, 0.1) is 11.7 Å². The molecule has 0 saturated carbocycles. The van der Waals surface area contributed by atoms with Gasteiger partial charge in [-0.25, -0.2) is 17.8 Å². The highest BCUT2D eigenvalue weighted by atomic mass is 32.2. The standard InChI is InChI=1S/C9H12FN3O2S/c10-8-2-1-3-12-9(8)16(14,15)13-5-7(4-11)6-13/h1-3,7H,4-6,11H2. The lowest BCUT2D eigenvalue weighted by molar-refractivity contribution is 0.206. The van der Waals surface area contributed by atoms with Crippen LogP contribution in [0.25, 0.3) is 0 Å². The van der Waals surface area contributed by atoms with Crippen LogP contribution in [0.5, 0.6) is 0 Å². The van der Waals surface area contributed by atoms with E-state index >= 15 is 0 Å². The van der Waals surface area contributed by atoms with Crippen molar-refractivity contribution >= 4 is 10.0 Å². The molecule has 1 fully saturated rings. The first kappa shape index (κ1) is 11.4. The Hall–Kier alpha value is -1.05. The summed E-state index contributed by atoms with van der Waals surface area (Å²) in [5.74, 6) is -0.653. The van der Waals surface area contributed by atoms with Gasteiger partial charge < -0.3 is 5.73 Å². The Morgan fingerprint density at radius 3 is 2.81 bits per heavy atom. The molecule has 0 radical (unpaired) electrons. The van der Waals surface area contributed by atoms with Gasteiger partial charge in [-0.15, -0.1) is 0 Å². The molecule has 88 valence electrons. The summed E-state index contributed by atoms with van der Waals surface area (Å²) in [5, 5.41) is -0.509. The average molecular weight is 245 g/mol. The number of rotatable bonds is 3. The van der Waals surface area contributed by atoms with E-state index in [1.807, 2.05) is 0 Å². The van der Waals surface area contributed by atoms with Crippen LogP contribution in [0.1, 0.15) is 0 Å². The van der Waals surface area contributed by atoms with Crippen LogP contribution in [-0.2, 0) is 10.0 Å². The normalized spacial score (nSPS) is 18.4. The minimum atomic E-state index is -3.78. The molecule has 0 bridgehead atoms. The van der Waals surface area contributed by atoms with Crippen LogP contribution >= 0.6 is 0 Å². The Morgan fingerprint density at radius 1 is 1.56 bits per heavy atom. The molecule has 0 atom stereocenters. The third-order valence-corrected chi connectivity index (χ3v) is 4.33. The maximum atomic E-state index is 13.3. The molecule has 2 N–H and O–H groups in total. The molecule has 1 aromatic heterocycles. The maximum absolute atomic E-state index is 13.3. The van der Waals surface area contributed by atoms with Gasteiger partial charge in [0, 0.05) is 19.3 Å². The number of nitrogens with zero attached hydrogens (tertiary/aromatic N) is 2. The summed E-state index contributed by atoms with van der Waals surface area (Å²) in [5.41, 5.74) is 5.40. The molecule has 1 aliphatic heterocycles. The fraction of sp³-hybridized carbons (Fsp3) is 0.444. The number of aromatic nitrogens is 1. The Morgan fingerprint density at radius 2 is 2.25 bits per heavy atom. The molecule has 1 saturated heterocycles. The zero-order valence-electron chi connectivity index (χ0n) is 8.51. The van der Waals surface area contributed by atoms with E-state index < -0.39 is 20.9 Å². The molecule has 1 aliphatic rings. The van der Waals surface area contributed by atoms with Gasteiger partial charge in [-0.3, -0.25) is 0 Å². The molecule has 2 rings (SSSR count). The van der Waals surface area contributed by atoms with Gasteiger partial charge in [-0.1, -0.05) is 0 Å². The lowest BCUT2D eigenvalue weighted by Crippen LogP contribution is -2.52. The van der Waals surface area contributed by atoms with E-state index in [0.717, 1.165) is 6.07 Å². The second kappa shape index (κ2) is 4.08. The Labute approximate surface area is 93.1 Å². The first-order valence-electron chi connectivity index (χ1n) is 4.86. The molecular weight excluding hydrogens is 233 g/mol. The smallest absolute Gasteiger partial charge is 0.263 e. The molecule has 1 aromatic rings. The van der Waals surface area contributed by atoms with Crippen molar-refractivity contribution in [2.45, 2.75) is 5.03 Å². The Bertz CT molecular complexity index is 485. The summed E-state index contributed by atoms with van der Waals surface area (Å²) < 4.78 is 38.2. The van der Waals surface area contributed by atoms with E-state index in [1.165, 1.54) is 16.6 Å². The minimum Gasteiger partial charge on any atom is -0.330 e. The first-order chi connectivity index (χ1) is 7.55. The highest BCUT2D eigenvalue weighted by molar-refractivity contribution is 7.89. The third-order valence-electron chi connectivity index (χ3n) is 2.57. The molecule has 0 aromatic carbocycles.